The van der Waals surface area contributed by atoms with Crippen molar-refractivity contribution in [3.63, 3.8) is 0 Å². The minimum absolute atomic E-state index is 0.00568. The van der Waals surface area contributed by atoms with Gasteiger partial charge in [0.05, 0.1) is 33.4 Å². The van der Waals surface area contributed by atoms with Crippen molar-refractivity contribution in [2.45, 2.75) is 89.7 Å². The number of nitrogens with zero attached hydrogens (tertiary/aromatic N) is 1. The molecule has 50 heavy (non-hydrogen) atoms. The van der Waals surface area contributed by atoms with E-state index < -0.39 is 42.9 Å². The molecule has 5 N–H and O–H groups in total. The number of benzene rings is 3. The Labute approximate surface area is 294 Å². The van der Waals surface area contributed by atoms with Crippen LogP contribution < -0.4 is 15.8 Å². The zero-order valence-corrected chi connectivity index (χ0v) is 30.0. The molecule has 1 spiro atoms. The van der Waals surface area contributed by atoms with Crippen LogP contribution in [0, 0.1) is 6.92 Å². The average molecular weight is 726 g/mol. The molecule has 2 aliphatic heterocycles. The second-order valence-corrected chi connectivity index (χ2v) is 18.9. The number of sulfone groups is 1. The Morgan fingerprint density at radius 2 is 1.68 bits per heavy atom. The highest BCUT2D eigenvalue weighted by Crippen LogP contribution is 2.47. The molecule has 2 saturated carbocycles. The molecule has 2 atom stereocenters. The van der Waals surface area contributed by atoms with E-state index in [9.17, 15) is 27.0 Å². The number of rotatable bonds is 13. The first-order valence-corrected chi connectivity index (χ1v) is 20.4. The van der Waals surface area contributed by atoms with Crippen molar-refractivity contribution in [3.8, 4) is 16.9 Å². The van der Waals surface area contributed by atoms with E-state index in [1.165, 1.54) is 12.1 Å². The summed E-state index contributed by atoms with van der Waals surface area (Å²) in [6.07, 6.45) is 3.85. The molecule has 7 rings (SSSR count). The second kappa shape index (κ2) is 13.3. The summed E-state index contributed by atoms with van der Waals surface area (Å²) >= 11 is 0. The maximum Gasteiger partial charge on any atom is 0.243 e. The molecular weight excluding hydrogens is 679 g/mol. The molecule has 1 unspecified atom stereocenters. The number of piperidine rings is 1. The molecule has 2 heterocycles. The predicted octanol–water partition coefficient (Wildman–Crippen LogP) is 3.25. The fourth-order valence-corrected chi connectivity index (χ4v) is 10.9. The molecule has 3 aromatic carbocycles. The fourth-order valence-electron chi connectivity index (χ4n) is 7.40. The molecule has 0 bridgehead atoms. The Hall–Kier alpha value is -2.88. The van der Waals surface area contributed by atoms with E-state index in [1.807, 2.05) is 37.3 Å². The summed E-state index contributed by atoms with van der Waals surface area (Å²) in [5.74, 6) is 0.332. The first-order valence-electron chi connectivity index (χ1n) is 17.4. The maximum atomic E-state index is 13.9. The molecular formula is C37H47N3O8S2. The van der Waals surface area contributed by atoms with Crippen molar-refractivity contribution in [2.75, 3.05) is 39.5 Å². The highest BCUT2D eigenvalue weighted by Gasteiger charge is 2.54. The Morgan fingerprint density at radius 1 is 0.980 bits per heavy atom. The lowest BCUT2D eigenvalue weighted by Crippen LogP contribution is -2.47. The van der Waals surface area contributed by atoms with Crippen molar-refractivity contribution in [1.82, 2.24) is 9.62 Å². The summed E-state index contributed by atoms with van der Waals surface area (Å²) in [7, 11) is -7.40. The van der Waals surface area contributed by atoms with Crippen LogP contribution in [0.25, 0.3) is 11.1 Å². The molecule has 13 heteroatoms. The van der Waals surface area contributed by atoms with Crippen molar-refractivity contribution in [1.29, 1.82) is 0 Å². The third-order valence-electron chi connectivity index (χ3n) is 11.2. The van der Waals surface area contributed by atoms with E-state index >= 15 is 0 Å². The van der Waals surface area contributed by atoms with Gasteiger partial charge in [-0.3, -0.25) is 0 Å². The smallest absolute Gasteiger partial charge is 0.243 e. The van der Waals surface area contributed by atoms with Crippen molar-refractivity contribution < 1.29 is 36.5 Å². The topological polar surface area (TPSA) is 168 Å². The number of nitrogens with one attached hydrogen (secondary N) is 1. The van der Waals surface area contributed by atoms with Crippen LogP contribution in [-0.2, 0) is 30.1 Å². The third-order valence-corrected chi connectivity index (χ3v) is 15.8. The van der Waals surface area contributed by atoms with Gasteiger partial charge in [-0.1, -0.05) is 42.5 Å². The highest BCUT2D eigenvalue weighted by molar-refractivity contribution is 7.93. The van der Waals surface area contributed by atoms with Crippen LogP contribution in [0.1, 0.15) is 56.1 Å². The van der Waals surface area contributed by atoms with Gasteiger partial charge >= 0.3 is 0 Å². The molecule has 4 aliphatic rings. The monoisotopic (exact) mass is 725 g/mol. The van der Waals surface area contributed by atoms with Crippen molar-refractivity contribution >= 4 is 19.9 Å². The van der Waals surface area contributed by atoms with E-state index in [0.29, 0.717) is 62.4 Å². The standard InChI is InChI=1S/C37H47N3O8S2/c1-26-33(27-8-10-28(11-9-27)37(38)14-15-37)6-3-7-34(26)50(45,46)40-18-16-35(17-19-40)21-29(23-48-35)39-22-30(42)24-47-31-4-2-5-32(20-31)49(43,44)36(25-41)12-13-36/h2-11,20,29-30,39,41-42H,12-19,21-25,38H2,1H3/t29-,30?/m0/s1. The van der Waals surface area contributed by atoms with Crippen LogP contribution in [0.3, 0.4) is 0 Å². The second-order valence-electron chi connectivity index (χ2n) is 14.7. The lowest BCUT2D eigenvalue weighted by molar-refractivity contribution is -0.0312. The molecule has 3 aromatic rings. The number of sulfonamides is 1. The Balaban J connectivity index is 0.900. The van der Waals surface area contributed by atoms with Crippen molar-refractivity contribution in [3.05, 3.63) is 77.9 Å². The minimum Gasteiger partial charge on any atom is -0.491 e. The number of ether oxygens (including phenoxy) is 2. The molecule has 270 valence electrons. The van der Waals surface area contributed by atoms with E-state index in [2.05, 4.69) is 5.32 Å². The van der Waals surface area contributed by atoms with Crippen LogP contribution in [0.4, 0.5) is 0 Å². The van der Waals surface area contributed by atoms with E-state index in [1.54, 1.807) is 28.6 Å². The highest BCUT2D eigenvalue weighted by atomic mass is 32.2. The number of aliphatic hydroxyl groups is 2. The summed E-state index contributed by atoms with van der Waals surface area (Å²) in [5.41, 5.74) is 9.40. The van der Waals surface area contributed by atoms with Crippen LogP contribution >= 0.6 is 0 Å². The Kier molecular flexibility index (Phi) is 9.43. The van der Waals surface area contributed by atoms with Gasteiger partial charge in [-0.2, -0.15) is 4.31 Å². The molecule has 4 fully saturated rings. The van der Waals surface area contributed by atoms with Gasteiger partial charge in [0.1, 0.15) is 18.5 Å². The number of hydrogen-bond acceptors (Lipinski definition) is 10. The lowest BCUT2D eigenvalue weighted by Gasteiger charge is -2.38. The van der Waals surface area contributed by atoms with Crippen molar-refractivity contribution in [2.24, 2.45) is 5.73 Å². The molecule has 11 nitrogen and oxygen atoms in total. The Morgan fingerprint density at radius 3 is 2.34 bits per heavy atom. The van der Waals surface area contributed by atoms with E-state index in [0.717, 1.165) is 35.1 Å². The molecule has 0 aromatic heterocycles. The van der Waals surface area contributed by atoms with Gasteiger partial charge in [-0.15, -0.1) is 0 Å². The average Bonchev–Trinajstić information content (AvgIpc) is 4.05. The normalized spacial score (nSPS) is 23.1. The summed E-state index contributed by atoms with van der Waals surface area (Å²) in [5, 5.41) is 23.6. The van der Waals surface area contributed by atoms with Gasteiger partial charge in [-0.25, -0.2) is 16.8 Å². The largest absolute Gasteiger partial charge is 0.491 e. The summed E-state index contributed by atoms with van der Waals surface area (Å²) in [6.45, 7) is 2.85. The molecule has 2 aliphatic carbocycles. The summed E-state index contributed by atoms with van der Waals surface area (Å²) in [6, 6.07) is 19.8. The lowest BCUT2D eigenvalue weighted by atomic mass is 9.88. The third kappa shape index (κ3) is 6.74. The fraction of sp³-hybridized carbons (Fsp3) is 0.514. The van der Waals surface area contributed by atoms with Gasteiger partial charge in [0.2, 0.25) is 10.0 Å². The number of aliphatic hydroxyl groups excluding tert-OH is 2. The number of nitrogens with two attached hydrogens (primary N) is 1. The van der Waals surface area contributed by atoms with Gasteiger partial charge in [0, 0.05) is 31.2 Å². The van der Waals surface area contributed by atoms with E-state index in [-0.39, 0.29) is 29.6 Å². The quantitative estimate of drug-likeness (QED) is 0.205. The van der Waals surface area contributed by atoms with Gasteiger partial charge in [0.15, 0.2) is 9.84 Å². The van der Waals surface area contributed by atoms with Crippen LogP contribution in [0.5, 0.6) is 5.75 Å². The van der Waals surface area contributed by atoms with Gasteiger partial charge in [-0.05, 0) is 98.4 Å². The first kappa shape index (κ1) is 35.5. The number of hydrogen-bond donors (Lipinski definition) is 4. The zero-order chi connectivity index (χ0) is 35.4. The SMILES string of the molecule is Cc1c(-c2ccc(C3(N)CC3)cc2)cccc1S(=O)(=O)N1CCC2(CC1)C[C@H](NCC(O)COc1cccc(S(=O)(=O)C3(CO)CC3)c1)CO2. The van der Waals surface area contributed by atoms with Gasteiger partial charge < -0.3 is 30.7 Å². The predicted molar refractivity (Wildman–Crippen MR) is 189 cm³/mol. The first-order chi connectivity index (χ1) is 23.8. The zero-order valence-electron chi connectivity index (χ0n) is 28.4. The van der Waals surface area contributed by atoms with Gasteiger partial charge in [0.25, 0.3) is 0 Å². The summed E-state index contributed by atoms with van der Waals surface area (Å²) in [4.78, 5) is 0.422. The molecule has 0 radical (unpaired) electrons. The van der Waals surface area contributed by atoms with Crippen LogP contribution in [0.2, 0.25) is 0 Å². The van der Waals surface area contributed by atoms with Crippen LogP contribution in [-0.4, -0.2) is 93.3 Å². The molecule has 2 saturated heterocycles. The molecule has 0 amide bonds. The summed E-state index contributed by atoms with van der Waals surface area (Å²) < 4.78 is 66.1. The maximum absolute atomic E-state index is 13.9. The minimum atomic E-state index is -3.72. The van der Waals surface area contributed by atoms with Crippen LogP contribution in [0.15, 0.2) is 76.5 Å². The Bertz CT molecular complexity index is 1930. The van der Waals surface area contributed by atoms with E-state index in [4.69, 9.17) is 15.2 Å².